The van der Waals surface area contributed by atoms with Crippen molar-refractivity contribution < 1.29 is 19.5 Å². The summed E-state index contributed by atoms with van der Waals surface area (Å²) in [6.07, 6.45) is 0. The largest absolute Gasteiger partial charge is 0.494 e. The lowest BCUT2D eigenvalue weighted by molar-refractivity contribution is 0.365. The molecule has 1 aromatic rings. The highest BCUT2D eigenvalue weighted by Crippen LogP contribution is 2.06. The second-order valence-electron chi connectivity index (χ2n) is 2.22. The van der Waals surface area contributed by atoms with Crippen molar-refractivity contribution in [2.24, 2.45) is 0 Å². The van der Waals surface area contributed by atoms with E-state index in [0.717, 1.165) is 0 Å². The molecule has 0 aromatic carbocycles. The van der Waals surface area contributed by atoms with Crippen LogP contribution in [0.15, 0.2) is 6.07 Å². The standard InChI is InChI=1S/C6H9BN2O4/c1-12-5-3-4(7(10)11)6(13-2)9-8-5/h3,10-11H,1-2H3. The number of hydrogen-bond acceptors (Lipinski definition) is 6. The topological polar surface area (TPSA) is 84.7 Å². The van der Waals surface area contributed by atoms with Crippen molar-refractivity contribution >= 4 is 12.6 Å². The molecule has 0 spiro atoms. The Kier molecular flexibility index (Phi) is 3.05. The number of ether oxygens (including phenoxy) is 2. The van der Waals surface area contributed by atoms with Gasteiger partial charge in [-0.2, -0.15) is 0 Å². The molecule has 1 aromatic heterocycles. The summed E-state index contributed by atoms with van der Waals surface area (Å²) in [4.78, 5) is 0. The molecule has 0 aliphatic carbocycles. The van der Waals surface area contributed by atoms with Crippen molar-refractivity contribution in [2.75, 3.05) is 14.2 Å². The van der Waals surface area contributed by atoms with E-state index in [2.05, 4.69) is 10.2 Å². The molecule has 6 nitrogen and oxygen atoms in total. The molecule has 2 N–H and O–H groups in total. The monoisotopic (exact) mass is 184 g/mol. The van der Waals surface area contributed by atoms with Crippen molar-refractivity contribution in [3.05, 3.63) is 6.07 Å². The van der Waals surface area contributed by atoms with Gasteiger partial charge in [-0.1, -0.05) is 0 Å². The van der Waals surface area contributed by atoms with E-state index in [9.17, 15) is 0 Å². The highest BCUT2D eigenvalue weighted by atomic mass is 16.5. The molecule has 0 amide bonds. The number of aromatic nitrogens is 2. The van der Waals surface area contributed by atoms with Crippen LogP contribution in [0.2, 0.25) is 0 Å². The van der Waals surface area contributed by atoms with Gasteiger partial charge in [0.05, 0.1) is 19.7 Å². The molecule has 1 rings (SSSR count). The van der Waals surface area contributed by atoms with Gasteiger partial charge in [-0.25, -0.2) is 0 Å². The van der Waals surface area contributed by atoms with Gasteiger partial charge in [-0.3, -0.25) is 0 Å². The second kappa shape index (κ2) is 4.06. The Hall–Kier alpha value is -1.34. The summed E-state index contributed by atoms with van der Waals surface area (Å²) in [5.74, 6) is 0.264. The van der Waals surface area contributed by atoms with Crippen LogP contribution < -0.4 is 14.9 Å². The predicted molar refractivity (Wildman–Crippen MR) is 45.0 cm³/mol. The van der Waals surface area contributed by atoms with Crippen LogP contribution in [0.5, 0.6) is 11.8 Å². The molecule has 13 heavy (non-hydrogen) atoms. The Morgan fingerprint density at radius 1 is 1.23 bits per heavy atom. The highest BCUT2D eigenvalue weighted by Gasteiger charge is 2.19. The van der Waals surface area contributed by atoms with E-state index in [0.29, 0.717) is 0 Å². The van der Waals surface area contributed by atoms with Gasteiger partial charge in [0.15, 0.2) is 0 Å². The molecular formula is C6H9BN2O4. The van der Waals surface area contributed by atoms with E-state index in [1.165, 1.54) is 20.3 Å². The molecule has 0 fully saturated rings. The van der Waals surface area contributed by atoms with Crippen molar-refractivity contribution in [2.45, 2.75) is 0 Å². The predicted octanol–water partition coefficient (Wildman–Crippen LogP) is -1.83. The fourth-order valence-corrected chi connectivity index (χ4v) is 0.819. The highest BCUT2D eigenvalue weighted by molar-refractivity contribution is 6.59. The number of nitrogens with zero attached hydrogens (tertiary/aromatic N) is 2. The molecule has 0 aliphatic rings. The minimum atomic E-state index is -1.65. The van der Waals surface area contributed by atoms with Gasteiger partial charge in [0.2, 0.25) is 11.8 Å². The number of methoxy groups -OCH3 is 2. The Labute approximate surface area is 75.3 Å². The van der Waals surface area contributed by atoms with Crippen LogP contribution in [0, 0.1) is 0 Å². The van der Waals surface area contributed by atoms with Crippen LogP contribution in [-0.2, 0) is 0 Å². The summed E-state index contributed by atoms with van der Waals surface area (Å²) in [6.45, 7) is 0. The second-order valence-corrected chi connectivity index (χ2v) is 2.22. The molecule has 0 bridgehead atoms. The Morgan fingerprint density at radius 2 is 1.92 bits per heavy atom. The normalized spacial score (nSPS) is 9.54. The van der Waals surface area contributed by atoms with Gasteiger partial charge < -0.3 is 19.5 Å². The van der Waals surface area contributed by atoms with E-state index in [4.69, 9.17) is 19.5 Å². The van der Waals surface area contributed by atoms with E-state index < -0.39 is 7.12 Å². The molecule has 0 radical (unpaired) electrons. The number of rotatable bonds is 3. The molecule has 0 saturated carbocycles. The summed E-state index contributed by atoms with van der Waals surface area (Å²) in [5.41, 5.74) is 0.120. The molecule has 7 heteroatoms. The van der Waals surface area contributed by atoms with E-state index in [-0.39, 0.29) is 17.2 Å². The molecule has 0 atom stereocenters. The SMILES string of the molecule is COc1cc(B(O)O)c(OC)nn1. The van der Waals surface area contributed by atoms with Gasteiger partial charge >= 0.3 is 7.12 Å². The average Bonchev–Trinajstić information content (AvgIpc) is 2.16. The fraction of sp³-hybridized carbons (Fsp3) is 0.333. The summed E-state index contributed by atoms with van der Waals surface area (Å²) in [7, 11) is 1.12. The molecule has 70 valence electrons. The van der Waals surface area contributed by atoms with E-state index in [1.54, 1.807) is 0 Å². The molecule has 1 heterocycles. The van der Waals surface area contributed by atoms with Crippen LogP contribution in [0.4, 0.5) is 0 Å². The summed E-state index contributed by atoms with van der Waals surface area (Å²) >= 11 is 0. The first kappa shape index (κ1) is 9.75. The van der Waals surface area contributed by atoms with Gasteiger partial charge in [-0.05, 0) is 0 Å². The third-order valence-corrected chi connectivity index (χ3v) is 1.45. The molecular weight excluding hydrogens is 175 g/mol. The Balaban J connectivity index is 3.10. The van der Waals surface area contributed by atoms with Crippen molar-refractivity contribution in [1.82, 2.24) is 10.2 Å². The van der Waals surface area contributed by atoms with Gasteiger partial charge in [-0.15, -0.1) is 10.2 Å². The van der Waals surface area contributed by atoms with Gasteiger partial charge in [0, 0.05) is 6.07 Å². The third kappa shape index (κ3) is 2.07. The maximum Gasteiger partial charge on any atom is 0.494 e. The zero-order valence-corrected chi connectivity index (χ0v) is 7.26. The fourth-order valence-electron chi connectivity index (χ4n) is 0.819. The first-order valence-corrected chi connectivity index (χ1v) is 3.50. The van der Waals surface area contributed by atoms with Crippen molar-refractivity contribution in [3.8, 4) is 11.8 Å². The maximum atomic E-state index is 8.91. The summed E-state index contributed by atoms with van der Waals surface area (Å²) < 4.78 is 9.51. The van der Waals surface area contributed by atoms with Crippen molar-refractivity contribution in [3.63, 3.8) is 0 Å². The maximum absolute atomic E-state index is 8.91. The number of hydrogen-bond donors (Lipinski definition) is 2. The minimum absolute atomic E-state index is 0.0656. The van der Waals surface area contributed by atoms with Gasteiger partial charge in [0.25, 0.3) is 0 Å². The third-order valence-electron chi connectivity index (χ3n) is 1.45. The summed E-state index contributed by atoms with van der Waals surface area (Å²) in [5, 5.41) is 25.0. The first-order valence-electron chi connectivity index (χ1n) is 3.50. The Bertz CT molecular complexity index is 294. The van der Waals surface area contributed by atoms with E-state index in [1.807, 2.05) is 0 Å². The smallest absolute Gasteiger partial charge is 0.480 e. The van der Waals surface area contributed by atoms with Crippen LogP contribution in [-0.4, -0.2) is 41.6 Å². The lowest BCUT2D eigenvalue weighted by Gasteiger charge is -2.06. The van der Waals surface area contributed by atoms with Crippen LogP contribution in [0.25, 0.3) is 0 Å². The average molecular weight is 184 g/mol. The lowest BCUT2D eigenvalue weighted by atomic mass is 9.81. The first-order chi connectivity index (χ1) is 6.19. The minimum Gasteiger partial charge on any atom is -0.480 e. The zero-order chi connectivity index (χ0) is 9.84. The van der Waals surface area contributed by atoms with Crippen LogP contribution in [0.3, 0.4) is 0 Å². The van der Waals surface area contributed by atoms with E-state index >= 15 is 0 Å². The lowest BCUT2D eigenvalue weighted by Crippen LogP contribution is -2.32. The zero-order valence-electron chi connectivity index (χ0n) is 7.26. The van der Waals surface area contributed by atoms with Gasteiger partial charge in [0.1, 0.15) is 0 Å². The quantitative estimate of drug-likeness (QED) is 0.537. The van der Waals surface area contributed by atoms with Crippen LogP contribution in [0.1, 0.15) is 0 Å². The molecule has 0 saturated heterocycles. The molecule has 0 aliphatic heterocycles. The summed E-state index contributed by atoms with van der Waals surface area (Å²) in [6, 6.07) is 1.34. The van der Waals surface area contributed by atoms with Crippen LogP contribution >= 0.6 is 0 Å². The van der Waals surface area contributed by atoms with Crippen molar-refractivity contribution in [1.29, 1.82) is 0 Å². The Morgan fingerprint density at radius 3 is 2.38 bits per heavy atom. The molecule has 0 unspecified atom stereocenters.